The van der Waals surface area contributed by atoms with Gasteiger partial charge in [0.25, 0.3) is 0 Å². The molecule has 2 N–H and O–H groups in total. The highest BCUT2D eigenvalue weighted by Crippen LogP contribution is 2.37. The van der Waals surface area contributed by atoms with Crippen LogP contribution in [0.2, 0.25) is 0 Å². The summed E-state index contributed by atoms with van der Waals surface area (Å²) in [6.07, 6.45) is 3.07. The van der Waals surface area contributed by atoms with E-state index in [1.54, 1.807) is 6.20 Å². The molecule has 2 aromatic heterocycles. The molecule has 2 aliphatic heterocycles. The third kappa shape index (κ3) is 3.61. The maximum Gasteiger partial charge on any atom is 0.134 e. The zero-order valence-electron chi connectivity index (χ0n) is 15.4. The van der Waals surface area contributed by atoms with Gasteiger partial charge in [-0.3, -0.25) is 5.10 Å². The molecule has 0 bridgehead atoms. The molecule has 0 amide bonds. The van der Waals surface area contributed by atoms with E-state index in [2.05, 4.69) is 39.5 Å². The molecule has 2 saturated heterocycles. The highest BCUT2D eigenvalue weighted by molar-refractivity contribution is 5.59. The molecule has 27 heavy (non-hydrogen) atoms. The van der Waals surface area contributed by atoms with Gasteiger partial charge in [0.15, 0.2) is 0 Å². The average molecular weight is 368 g/mol. The first-order valence-electron chi connectivity index (χ1n) is 9.32. The number of rotatable bonds is 4. The predicted molar refractivity (Wildman–Crippen MR) is 101 cm³/mol. The minimum absolute atomic E-state index is 0.231. The van der Waals surface area contributed by atoms with E-state index in [0.717, 1.165) is 23.7 Å². The number of nitriles is 1. The quantitative estimate of drug-likeness (QED) is 0.854. The van der Waals surface area contributed by atoms with Crippen molar-refractivity contribution in [1.82, 2.24) is 15.2 Å². The number of hydrogen-bond donors (Lipinski definition) is 2. The molecule has 0 radical (unpaired) electrons. The molecule has 0 aliphatic carbocycles. The molecule has 142 valence electrons. The molecular weight excluding hydrogens is 344 g/mol. The van der Waals surface area contributed by atoms with Crippen molar-refractivity contribution in [3.8, 4) is 6.07 Å². The zero-order valence-corrected chi connectivity index (χ0v) is 15.4. The molecule has 4 heterocycles. The number of nitrogens with one attached hydrogen (secondary N) is 2. The van der Waals surface area contributed by atoms with E-state index in [0.29, 0.717) is 45.1 Å². The Balaban J connectivity index is 1.75. The molecule has 0 saturated carbocycles. The van der Waals surface area contributed by atoms with E-state index >= 15 is 0 Å². The summed E-state index contributed by atoms with van der Waals surface area (Å²) in [6, 6.07) is 8.68. The van der Waals surface area contributed by atoms with Crippen LogP contribution in [0.5, 0.6) is 0 Å². The first-order chi connectivity index (χ1) is 13.2. The summed E-state index contributed by atoms with van der Waals surface area (Å²) >= 11 is 0. The van der Waals surface area contributed by atoms with Crippen LogP contribution in [0.4, 0.5) is 17.5 Å². The van der Waals surface area contributed by atoms with Crippen LogP contribution in [0.1, 0.15) is 25.3 Å². The lowest BCUT2D eigenvalue weighted by atomic mass is 9.75. The van der Waals surface area contributed by atoms with Crippen molar-refractivity contribution in [3.63, 3.8) is 0 Å². The van der Waals surface area contributed by atoms with Gasteiger partial charge >= 0.3 is 0 Å². The lowest BCUT2D eigenvalue weighted by Gasteiger charge is -2.36. The number of hydrogen-bond acceptors (Lipinski definition) is 7. The fourth-order valence-corrected chi connectivity index (χ4v) is 3.72. The number of aromatic amines is 1. The van der Waals surface area contributed by atoms with E-state index in [-0.39, 0.29) is 6.04 Å². The monoisotopic (exact) mass is 368 g/mol. The standard InChI is InChI=1S/C19H24N6O2/c1-14-12-27-9-6-25(14)18-11-15(19(13-20)3-7-26-8-4-19)10-17(23-18)22-16-2-5-21-24-16/h2,5,10-11,14H,3-4,6-9,12H2,1H3,(H2,21,22,23,24)/t14-/m1/s1. The van der Waals surface area contributed by atoms with Crippen molar-refractivity contribution < 1.29 is 9.47 Å². The molecule has 0 unspecified atom stereocenters. The number of morpholine rings is 1. The van der Waals surface area contributed by atoms with Crippen molar-refractivity contribution in [3.05, 3.63) is 30.0 Å². The maximum atomic E-state index is 10.00. The Hall–Kier alpha value is -2.63. The van der Waals surface area contributed by atoms with Crippen LogP contribution in [0.3, 0.4) is 0 Å². The fourth-order valence-electron chi connectivity index (χ4n) is 3.72. The Morgan fingerprint density at radius 2 is 2.15 bits per heavy atom. The molecule has 0 spiro atoms. The molecule has 2 aliphatic rings. The number of aromatic nitrogens is 3. The molecule has 1 atom stereocenters. The summed E-state index contributed by atoms with van der Waals surface area (Å²) in [5.41, 5.74) is 0.439. The lowest BCUT2D eigenvalue weighted by molar-refractivity contribution is 0.0675. The van der Waals surface area contributed by atoms with E-state index in [9.17, 15) is 5.26 Å². The molecule has 2 aromatic rings. The van der Waals surface area contributed by atoms with E-state index in [4.69, 9.17) is 14.5 Å². The van der Waals surface area contributed by atoms with Gasteiger partial charge in [-0.25, -0.2) is 4.98 Å². The van der Waals surface area contributed by atoms with Crippen LogP contribution in [-0.4, -0.2) is 54.2 Å². The van der Waals surface area contributed by atoms with Crippen molar-refractivity contribution in [2.45, 2.75) is 31.2 Å². The van der Waals surface area contributed by atoms with Crippen LogP contribution in [0.15, 0.2) is 24.4 Å². The Labute approximate surface area is 158 Å². The Morgan fingerprint density at radius 3 is 2.85 bits per heavy atom. The lowest BCUT2D eigenvalue weighted by Crippen LogP contribution is -2.44. The minimum Gasteiger partial charge on any atom is -0.381 e. The maximum absolute atomic E-state index is 10.00. The van der Waals surface area contributed by atoms with E-state index in [1.165, 1.54) is 0 Å². The second kappa shape index (κ2) is 7.55. The zero-order chi connectivity index (χ0) is 18.7. The second-order valence-electron chi connectivity index (χ2n) is 7.12. The highest BCUT2D eigenvalue weighted by Gasteiger charge is 2.36. The van der Waals surface area contributed by atoms with Crippen molar-refractivity contribution in [1.29, 1.82) is 5.26 Å². The van der Waals surface area contributed by atoms with Gasteiger partial charge in [-0.2, -0.15) is 10.4 Å². The first-order valence-corrected chi connectivity index (χ1v) is 9.32. The summed E-state index contributed by atoms with van der Waals surface area (Å²) in [4.78, 5) is 7.06. The largest absolute Gasteiger partial charge is 0.381 e. The van der Waals surface area contributed by atoms with Gasteiger partial charge in [0.2, 0.25) is 0 Å². The number of H-pyrrole nitrogens is 1. The van der Waals surface area contributed by atoms with Gasteiger partial charge in [0.1, 0.15) is 17.5 Å². The first kappa shape index (κ1) is 17.8. The molecular formula is C19H24N6O2. The molecule has 0 aromatic carbocycles. The number of anilines is 3. The number of ether oxygens (including phenoxy) is 2. The SMILES string of the molecule is C[C@@H]1COCCN1c1cc(C2(C#N)CCOCC2)cc(Nc2ccn[nH]2)n1. The van der Waals surface area contributed by atoms with Gasteiger partial charge in [-0.1, -0.05) is 0 Å². The Morgan fingerprint density at radius 1 is 1.30 bits per heavy atom. The number of nitrogens with zero attached hydrogens (tertiary/aromatic N) is 4. The summed E-state index contributed by atoms with van der Waals surface area (Å²) in [7, 11) is 0. The topological polar surface area (TPSA) is 99.1 Å². The predicted octanol–water partition coefficient (Wildman–Crippen LogP) is 2.35. The third-order valence-corrected chi connectivity index (χ3v) is 5.35. The summed E-state index contributed by atoms with van der Waals surface area (Å²) in [5.74, 6) is 2.33. The van der Waals surface area contributed by atoms with Crippen LogP contribution in [-0.2, 0) is 14.9 Å². The molecule has 8 heteroatoms. The van der Waals surface area contributed by atoms with Crippen molar-refractivity contribution in [2.24, 2.45) is 0 Å². The van der Waals surface area contributed by atoms with E-state index in [1.807, 2.05) is 12.1 Å². The van der Waals surface area contributed by atoms with Crippen LogP contribution >= 0.6 is 0 Å². The smallest absolute Gasteiger partial charge is 0.134 e. The summed E-state index contributed by atoms with van der Waals surface area (Å²) in [6.45, 7) is 5.46. The molecule has 8 nitrogen and oxygen atoms in total. The third-order valence-electron chi connectivity index (χ3n) is 5.35. The van der Waals surface area contributed by atoms with Gasteiger partial charge in [0.05, 0.1) is 36.9 Å². The van der Waals surface area contributed by atoms with Gasteiger partial charge in [0, 0.05) is 25.8 Å². The van der Waals surface area contributed by atoms with Crippen LogP contribution in [0.25, 0.3) is 0 Å². The summed E-state index contributed by atoms with van der Waals surface area (Å²) < 4.78 is 11.1. The van der Waals surface area contributed by atoms with E-state index < -0.39 is 5.41 Å². The van der Waals surface area contributed by atoms with Crippen LogP contribution in [0, 0.1) is 11.3 Å². The highest BCUT2D eigenvalue weighted by atomic mass is 16.5. The fraction of sp³-hybridized carbons (Fsp3) is 0.526. The van der Waals surface area contributed by atoms with Crippen molar-refractivity contribution in [2.75, 3.05) is 43.2 Å². The van der Waals surface area contributed by atoms with Gasteiger partial charge in [-0.15, -0.1) is 0 Å². The van der Waals surface area contributed by atoms with Gasteiger partial charge in [-0.05, 0) is 37.5 Å². The average Bonchev–Trinajstić information content (AvgIpc) is 3.21. The number of pyridine rings is 1. The second-order valence-corrected chi connectivity index (χ2v) is 7.12. The Kier molecular flexibility index (Phi) is 4.97. The Bertz CT molecular complexity index is 810. The van der Waals surface area contributed by atoms with Crippen molar-refractivity contribution >= 4 is 17.5 Å². The van der Waals surface area contributed by atoms with Crippen LogP contribution < -0.4 is 10.2 Å². The normalized spacial score (nSPS) is 22.2. The van der Waals surface area contributed by atoms with Gasteiger partial charge < -0.3 is 19.7 Å². The summed E-state index contributed by atoms with van der Waals surface area (Å²) in [5, 5.41) is 20.1. The molecule has 2 fully saturated rings. The molecule has 4 rings (SSSR count). The minimum atomic E-state index is -0.546.